The van der Waals surface area contributed by atoms with Crippen molar-refractivity contribution in [2.45, 2.75) is 43.9 Å². The van der Waals surface area contributed by atoms with Crippen LogP contribution >= 0.6 is 0 Å². The Labute approximate surface area is 290 Å². The van der Waals surface area contributed by atoms with E-state index in [4.69, 9.17) is 0 Å². The number of halogens is 5. The number of nitrogens with zero attached hydrogens (tertiary/aromatic N) is 4. The van der Waals surface area contributed by atoms with Crippen molar-refractivity contribution in [3.8, 4) is 5.69 Å². The first-order valence-electron chi connectivity index (χ1n) is 16.3. The van der Waals surface area contributed by atoms with Crippen molar-refractivity contribution in [2.24, 2.45) is 0 Å². The highest BCUT2D eigenvalue weighted by molar-refractivity contribution is 6.05. The molecule has 1 aromatic heterocycles. The normalized spacial score (nSPS) is 18.7. The third kappa shape index (κ3) is 7.55. The molecule has 266 valence electrons. The molecule has 2 N–H and O–H groups in total. The minimum atomic E-state index is -4.68. The number of hydrogen-bond donors (Lipinski definition) is 2. The molecule has 3 heterocycles. The number of likely N-dealkylation sites (tertiary alicyclic amines) is 1. The first-order valence-corrected chi connectivity index (χ1v) is 16.3. The molecule has 0 radical (unpaired) electrons. The van der Waals surface area contributed by atoms with Crippen molar-refractivity contribution in [1.29, 1.82) is 0 Å². The smallest absolute Gasteiger partial charge is 0.348 e. The number of rotatable bonds is 10. The molecular formula is C37H35F5N6O3. The first-order chi connectivity index (χ1) is 24.3. The number of fused-ring (bicyclic) bond motifs is 1. The van der Waals surface area contributed by atoms with Gasteiger partial charge in [0.05, 0.1) is 24.0 Å². The Morgan fingerprint density at radius 2 is 1.76 bits per heavy atom. The molecule has 2 aliphatic rings. The van der Waals surface area contributed by atoms with Crippen LogP contribution in [0.5, 0.6) is 0 Å². The van der Waals surface area contributed by atoms with Crippen LogP contribution in [0.3, 0.4) is 0 Å². The van der Waals surface area contributed by atoms with Crippen molar-refractivity contribution >= 4 is 23.5 Å². The fourth-order valence-electron chi connectivity index (χ4n) is 6.57. The van der Waals surface area contributed by atoms with E-state index in [1.165, 1.54) is 15.9 Å². The summed E-state index contributed by atoms with van der Waals surface area (Å²) < 4.78 is 69.4. The maximum absolute atomic E-state index is 14.3. The van der Waals surface area contributed by atoms with E-state index in [-0.39, 0.29) is 43.7 Å². The molecule has 0 aliphatic carbocycles. The highest BCUT2D eigenvalue weighted by Crippen LogP contribution is 2.42. The van der Waals surface area contributed by atoms with E-state index in [1.807, 2.05) is 30.3 Å². The Hall–Kier alpha value is -5.37. The van der Waals surface area contributed by atoms with E-state index >= 15 is 0 Å². The summed E-state index contributed by atoms with van der Waals surface area (Å²) in [5, 5.41) is 10.1. The van der Waals surface area contributed by atoms with Gasteiger partial charge in [0, 0.05) is 55.2 Å². The first kappa shape index (κ1) is 35.5. The van der Waals surface area contributed by atoms with Gasteiger partial charge in [0.25, 0.3) is 17.7 Å². The number of alkyl halides is 5. The third-order valence-corrected chi connectivity index (χ3v) is 9.03. The minimum absolute atomic E-state index is 0.00101. The van der Waals surface area contributed by atoms with Gasteiger partial charge in [-0.3, -0.25) is 24.2 Å². The maximum Gasteiger partial charge on any atom is 0.416 e. The predicted molar refractivity (Wildman–Crippen MR) is 180 cm³/mol. The largest absolute Gasteiger partial charge is 0.416 e. The zero-order valence-corrected chi connectivity index (χ0v) is 27.6. The minimum Gasteiger partial charge on any atom is -0.348 e. The number of hydrogen-bond acceptors (Lipinski definition) is 5. The topological polar surface area (TPSA) is 99.6 Å². The Morgan fingerprint density at radius 1 is 1.02 bits per heavy atom. The van der Waals surface area contributed by atoms with Gasteiger partial charge >= 0.3 is 6.18 Å². The van der Waals surface area contributed by atoms with Crippen LogP contribution in [-0.4, -0.2) is 70.5 Å². The molecule has 9 nitrogen and oxygen atoms in total. The summed E-state index contributed by atoms with van der Waals surface area (Å²) >= 11 is 0. The van der Waals surface area contributed by atoms with Gasteiger partial charge in [0.1, 0.15) is 11.9 Å². The fourth-order valence-corrected chi connectivity index (χ4v) is 6.57. The highest BCUT2D eigenvalue weighted by atomic mass is 19.4. The van der Waals surface area contributed by atoms with Crippen LogP contribution in [0, 0.1) is 0 Å². The van der Waals surface area contributed by atoms with Crippen molar-refractivity contribution in [3.05, 3.63) is 125 Å². The Balaban J connectivity index is 1.32. The molecule has 14 heteroatoms. The number of para-hydroxylation sites is 1. The van der Waals surface area contributed by atoms with Gasteiger partial charge in [-0.2, -0.15) is 18.3 Å². The molecule has 1 fully saturated rings. The van der Waals surface area contributed by atoms with Gasteiger partial charge in [-0.15, -0.1) is 0 Å². The average molecular weight is 707 g/mol. The number of nitrogens with one attached hydrogen (secondary N) is 2. The van der Waals surface area contributed by atoms with Gasteiger partial charge in [-0.1, -0.05) is 55.1 Å². The molecule has 0 saturated carbocycles. The lowest BCUT2D eigenvalue weighted by Crippen LogP contribution is -2.55. The van der Waals surface area contributed by atoms with Crippen LogP contribution < -0.4 is 15.5 Å². The summed E-state index contributed by atoms with van der Waals surface area (Å²) in [4.78, 5) is 43.7. The van der Waals surface area contributed by atoms with E-state index in [0.717, 1.165) is 18.2 Å². The standard InChI is InChI=1S/C37H35F5N6O3/c1-3-47-34-29(20-44-48(34)28-13-5-4-6-14-28)30(31(35(47)51)45-33(50)26-11-8-12-27(18-26)37(40,41)42)25-10-7-9-24(17-25)19-43-32(49)23(2)21-46-16-15-36(38,39)22-46/h4-14,17-18,20,30-31H,2-3,15-16,19,21-22H2,1H3,(H,43,49)(H,45,50)/t30-,31+/m0/s1. The summed E-state index contributed by atoms with van der Waals surface area (Å²) in [5.41, 5.74) is 1.35. The van der Waals surface area contributed by atoms with Crippen LogP contribution in [-0.2, 0) is 22.3 Å². The van der Waals surface area contributed by atoms with E-state index in [1.54, 1.807) is 42.1 Å². The van der Waals surface area contributed by atoms with Crippen LogP contribution in [0.15, 0.2) is 97.2 Å². The van der Waals surface area contributed by atoms with E-state index in [0.29, 0.717) is 28.2 Å². The quantitative estimate of drug-likeness (QED) is 0.163. The molecule has 0 bridgehead atoms. The molecule has 4 aromatic rings. The molecule has 2 aliphatic heterocycles. The molecule has 1 saturated heterocycles. The molecule has 6 rings (SSSR count). The van der Waals surface area contributed by atoms with E-state index in [2.05, 4.69) is 22.3 Å². The summed E-state index contributed by atoms with van der Waals surface area (Å²) in [5.74, 6) is -5.00. The van der Waals surface area contributed by atoms with Crippen molar-refractivity contribution in [2.75, 3.05) is 31.1 Å². The van der Waals surface area contributed by atoms with Gasteiger partial charge in [0.15, 0.2) is 0 Å². The van der Waals surface area contributed by atoms with Crippen LogP contribution in [0.25, 0.3) is 5.69 Å². The molecular weight excluding hydrogens is 671 g/mol. The predicted octanol–water partition coefficient (Wildman–Crippen LogP) is 5.70. The Morgan fingerprint density at radius 3 is 2.45 bits per heavy atom. The van der Waals surface area contributed by atoms with Crippen LogP contribution in [0.1, 0.15) is 51.9 Å². The van der Waals surface area contributed by atoms with Gasteiger partial charge in [-0.25, -0.2) is 13.5 Å². The highest BCUT2D eigenvalue weighted by Gasteiger charge is 2.45. The molecule has 2 atom stereocenters. The number of likely N-dealkylation sites (N-methyl/N-ethyl adjacent to an activating group) is 1. The van der Waals surface area contributed by atoms with E-state index in [9.17, 15) is 36.3 Å². The lowest BCUT2D eigenvalue weighted by atomic mass is 9.81. The molecule has 0 unspecified atom stereocenters. The summed E-state index contributed by atoms with van der Waals surface area (Å²) in [6.07, 6.45) is -3.35. The van der Waals surface area contributed by atoms with Crippen molar-refractivity contribution in [3.63, 3.8) is 0 Å². The second-order valence-corrected chi connectivity index (χ2v) is 12.6. The summed E-state index contributed by atoms with van der Waals surface area (Å²) in [7, 11) is 0. The summed E-state index contributed by atoms with van der Waals surface area (Å²) in [6.45, 7) is 5.51. The van der Waals surface area contributed by atoms with Gasteiger partial charge in [0.2, 0.25) is 5.91 Å². The molecule has 0 spiro atoms. The summed E-state index contributed by atoms with van der Waals surface area (Å²) in [6, 6.07) is 18.9. The third-order valence-electron chi connectivity index (χ3n) is 9.03. The monoisotopic (exact) mass is 706 g/mol. The lowest BCUT2D eigenvalue weighted by Gasteiger charge is -2.38. The Bertz CT molecular complexity index is 1960. The zero-order valence-electron chi connectivity index (χ0n) is 27.6. The number of carbonyl (C=O) groups is 3. The molecule has 3 aromatic carbocycles. The Kier molecular flexibility index (Phi) is 9.80. The number of aromatic nitrogens is 2. The SMILES string of the molecule is C=C(CN1CCC(F)(F)C1)C(=O)NCc1cccc([C@H]2c3cnn(-c4ccccc4)c3N(CC)C(=O)[C@@H]2NC(=O)c2cccc(C(F)(F)F)c2)c1. The maximum atomic E-state index is 14.3. The van der Waals surface area contributed by atoms with E-state index < -0.39 is 53.9 Å². The fraction of sp³-hybridized carbons (Fsp3) is 0.297. The molecule has 51 heavy (non-hydrogen) atoms. The lowest BCUT2D eigenvalue weighted by molar-refractivity contribution is -0.137. The zero-order chi connectivity index (χ0) is 36.5. The van der Waals surface area contributed by atoms with Crippen LogP contribution in [0.4, 0.5) is 27.8 Å². The van der Waals surface area contributed by atoms with Gasteiger partial charge < -0.3 is 10.6 Å². The second kappa shape index (κ2) is 14.1. The number of amides is 3. The van der Waals surface area contributed by atoms with Crippen molar-refractivity contribution in [1.82, 2.24) is 25.3 Å². The van der Waals surface area contributed by atoms with Crippen LogP contribution in [0.2, 0.25) is 0 Å². The van der Waals surface area contributed by atoms with Crippen molar-refractivity contribution < 1.29 is 36.3 Å². The second-order valence-electron chi connectivity index (χ2n) is 12.6. The van der Waals surface area contributed by atoms with Gasteiger partial charge in [-0.05, 0) is 48.4 Å². The number of benzene rings is 3. The average Bonchev–Trinajstić information content (AvgIpc) is 3.69. The number of anilines is 1. The number of carbonyl (C=O) groups excluding carboxylic acids is 3. The molecule has 3 amide bonds.